The van der Waals surface area contributed by atoms with Crippen LogP contribution in [0, 0.1) is 17.2 Å². The van der Waals surface area contributed by atoms with Gasteiger partial charge in [-0.3, -0.25) is 24.5 Å². The van der Waals surface area contributed by atoms with Crippen LogP contribution in [0.25, 0.3) is 10.9 Å². The molecule has 5 fully saturated rings. The van der Waals surface area contributed by atoms with Crippen LogP contribution in [0.4, 0.5) is 16.3 Å². The van der Waals surface area contributed by atoms with Gasteiger partial charge in [0.25, 0.3) is 5.91 Å². The van der Waals surface area contributed by atoms with Gasteiger partial charge in [-0.05, 0) is 93.7 Å². The van der Waals surface area contributed by atoms with E-state index in [4.69, 9.17) is 31.4 Å². The predicted octanol–water partition coefficient (Wildman–Crippen LogP) is 5.24. The zero-order chi connectivity index (χ0) is 39.8. The van der Waals surface area contributed by atoms with Crippen LogP contribution in [0.2, 0.25) is 5.02 Å². The third-order valence-corrected chi connectivity index (χ3v) is 12.9. The minimum Gasteiger partial charge on any atom is -0.490 e. The van der Waals surface area contributed by atoms with Crippen LogP contribution in [0.1, 0.15) is 79.9 Å². The molecule has 2 aromatic heterocycles. The molecule has 4 aliphatic heterocycles. The van der Waals surface area contributed by atoms with E-state index in [2.05, 4.69) is 47.4 Å². The van der Waals surface area contributed by atoms with E-state index in [-0.39, 0.29) is 48.1 Å². The summed E-state index contributed by atoms with van der Waals surface area (Å²) in [6, 6.07) is 16.7. The van der Waals surface area contributed by atoms with Gasteiger partial charge in [-0.25, -0.2) is 4.79 Å². The fourth-order valence-corrected chi connectivity index (χ4v) is 9.47. The van der Waals surface area contributed by atoms with E-state index in [1.54, 1.807) is 29.2 Å². The number of likely N-dealkylation sites (tertiary alicyclic amines) is 1. The summed E-state index contributed by atoms with van der Waals surface area (Å²) in [6.45, 7) is 5.67. The lowest BCUT2D eigenvalue weighted by Crippen LogP contribution is -2.65. The Morgan fingerprint density at radius 3 is 2.55 bits per heavy atom. The SMILES string of the molecule is N#Cc1ccc(OC2CCC(NC(=O)c3ccc(N4CC5(CCC(CN6CCC(n7ncc8c(N9CCC(=O)NC9=O)cccc87)CC6)CO5)C4)nn3)CC2)cc1Cl. The molecular weight excluding hydrogens is 760 g/mol. The second-order valence-corrected chi connectivity index (χ2v) is 16.8. The second kappa shape index (κ2) is 16.2. The molecular formula is C42H47ClN10O5. The molecule has 58 heavy (non-hydrogen) atoms. The molecule has 4 amide bonds. The van der Waals surface area contributed by atoms with Crippen molar-refractivity contribution in [1.82, 2.24) is 35.5 Å². The summed E-state index contributed by atoms with van der Waals surface area (Å²) in [7, 11) is 0. The number of piperidine rings is 1. The quantitative estimate of drug-likeness (QED) is 0.227. The molecule has 5 aliphatic rings. The molecule has 16 heteroatoms. The molecule has 302 valence electrons. The molecule has 4 aromatic rings. The van der Waals surface area contributed by atoms with E-state index in [1.807, 2.05) is 24.4 Å². The Bertz CT molecular complexity index is 2210. The number of anilines is 2. The molecule has 1 saturated carbocycles. The first-order chi connectivity index (χ1) is 28.2. The minimum atomic E-state index is -0.383. The molecule has 2 aromatic carbocycles. The molecule has 0 radical (unpaired) electrons. The van der Waals surface area contributed by atoms with Gasteiger partial charge in [0.2, 0.25) is 5.91 Å². The number of ether oxygens (including phenoxy) is 2. The van der Waals surface area contributed by atoms with E-state index >= 15 is 0 Å². The summed E-state index contributed by atoms with van der Waals surface area (Å²) < 4.78 is 14.7. The maximum atomic E-state index is 13.0. The Labute approximate surface area is 341 Å². The normalized spacial score (nSPS) is 24.0. The highest BCUT2D eigenvalue weighted by Gasteiger charge is 2.47. The minimum absolute atomic E-state index is 0.0278. The predicted molar refractivity (Wildman–Crippen MR) is 216 cm³/mol. The largest absolute Gasteiger partial charge is 0.490 e. The van der Waals surface area contributed by atoms with Gasteiger partial charge in [0.05, 0.1) is 59.8 Å². The van der Waals surface area contributed by atoms with Crippen LogP contribution in [0.15, 0.2) is 54.7 Å². The number of imide groups is 1. The van der Waals surface area contributed by atoms with Crippen molar-refractivity contribution < 1.29 is 23.9 Å². The zero-order valence-corrected chi connectivity index (χ0v) is 33.1. The Balaban J connectivity index is 0.690. The molecule has 1 atom stereocenters. The van der Waals surface area contributed by atoms with E-state index < -0.39 is 0 Å². The molecule has 9 rings (SSSR count). The van der Waals surface area contributed by atoms with E-state index in [9.17, 15) is 14.4 Å². The van der Waals surface area contributed by atoms with Gasteiger partial charge in [-0.1, -0.05) is 17.7 Å². The molecule has 2 N–H and O–H groups in total. The summed E-state index contributed by atoms with van der Waals surface area (Å²) in [4.78, 5) is 43.6. The van der Waals surface area contributed by atoms with Crippen LogP contribution in [0.5, 0.6) is 5.75 Å². The number of hydrogen-bond acceptors (Lipinski definition) is 11. The summed E-state index contributed by atoms with van der Waals surface area (Å²) in [5, 5.41) is 29.4. The van der Waals surface area contributed by atoms with E-state index in [0.717, 1.165) is 113 Å². The van der Waals surface area contributed by atoms with Gasteiger partial charge in [0, 0.05) is 50.1 Å². The number of carbonyl (C=O) groups excluding carboxylic acids is 3. The number of hydrogen-bond donors (Lipinski definition) is 2. The summed E-state index contributed by atoms with van der Waals surface area (Å²) >= 11 is 6.15. The number of nitrogens with zero attached hydrogens (tertiary/aromatic N) is 8. The van der Waals surface area contributed by atoms with Gasteiger partial charge >= 0.3 is 6.03 Å². The number of rotatable bonds is 9. The number of halogens is 1. The summed E-state index contributed by atoms with van der Waals surface area (Å²) in [5.74, 6) is 1.44. The molecule has 1 spiro atoms. The molecule has 6 heterocycles. The number of nitriles is 1. The highest BCUT2D eigenvalue weighted by atomic mass is 35.5. The van der Waals surface area contributed by atoms with Crippen LogP contribution >= 0.6 is 11.6 Å². The van der Waals surface area contributed by atoms with Crippen molar-refractivity contribution in [3.05, 3.63) is 71.0 Å². The first kappa shape index (κ1) is 38.2. The zero-order valence-electron chi connectivity index (χ0n) is 32.3. The molecule has 15 nitrogen and oxygen atoms in total. The van der Waals surface area contributed by atoms with Gasteiger partial charge in [-0.2, -0.15) is 10.4 Å². The number of aromatic nitrogens is 4. The van der Waals surface area contributed by atoms with Crippen molar-refractivity contribution in [3.63, 3.8) is 0 Å². The smallest absolute Gasteiger partial charge is 0.328 e. The highest BCUT2D eigenvalue weighted by Crippen LogP contribution is 2.39. The maximum Gasteiger partial charge on any atom is 0.328 e. The monoisotopic (exact) mass is 806 g/mol. The first-order valence-electron chi connectivity index (χ1n) is 20.4. The number of urea groups is 1. The lowest BCUT2D eigenvalue weighted by Gasteiger charge is -2.53. The lowest BCUT2D eigenvalue weighted by atomic mass is 9.82. The van der Waals surface area contributed by atoms with Crippen LogP contribution in [0.3, 0.4) is 0 Å². The second-order valence-electron chi connectivity index (χ2n) is 16.4. The lowest BCUT2D eigenvalue weighted by molar-refractivity contribution is -0.120. The van der Waals surface area contributed by atoms with Crippen molar-refractivity contribution in [2.75, 3.05) is 55.7 Å². The number of amides is 4. The van der Waals surface area contributed by atoms with Crippen LogP contribution in [-0.2, 0) is 9.53 Å². The third kappa shape index (κ3) is 7.93. The first-order valence-corrected chi connectivity index (χ1v) is 20.8. The van der Waals surface area contributed by atoms with Crippen molar-refractivity contribution in [2.45, 2.75) is 81.6 Å². The van der Waals surface area contributed by atoms with Crippen LogP contribution < -0.4 is 25.2 Å². The molecule has 1 unspecified atom stereocenters. The molecule has 1 aliphatic carbocycles. The van der Waals surface area contributed by atoms with Gasteiger partial charge in [-0.15, -0.1) is 10.2 Å². The summed E-state index contributed by atoms with van der Waals surface area (Å²) in [6.07, 6.45) is 9.49. The van der Waals surface area contributed by atoms with Crippen molar-refractivity contribution >= 4 is 51.9 Å². The Hall–Kier alpha value is -5.30. The topological polar surface area (TPSA) is 171 Å². The van der Waals surface area contributed by atoms with E-state index in [1.165, 1.54) is 0 Å². The van der Waals surface area contributed by atoms with Crippen LogP contribution in [-0.4, -0.2) is 106 Å². The average molecular weight is 807 g/mol. The van der Waals surface area contributed by atoms with Crippen molar-refractivity contribution in [1.29, 1.82) is 5.26 Å². The van der Waals surface area contributed by atoms with Gasteiger partial charge in [0.15, 0.2) is 11.5 Å². The summed E-state index contributed by atoms with van der Waals surface area (Å²) in [5.41, 5.74) is 2.37. The fraction of sp³-hybridized carbons (Fsp3) is 0.500. The standard InChI is InChI=1S/C42H47ClN10O5/c43-34-20-32(7-4-28(34)21-44)58-31-8-5-29(6-9-31)46-40(55)35-10-11-38(49-48-35)51-25-42(26-51)16-12-27(24-57-42)23-50-17-13-30(14-18-50)53-37-3-1-2-36(33(37)22-45-53)52-19-15-39(54)47-41(52)56/h1-4,7,10-11,20,22,27,29-31H,5-6,8-9,12-19,23-26H2,(H,46,55)(H,47,54,56). The van der Waals surface area contributed by atoms with Gasteiger partial charge < -0.3 is 24.6 Å². The number of benzene rings is 2. The Morgan fingerprint density at radius 2 is 1.84 bits per heavy atom. The Kier molecular flexibility index (Phi) is 10.6. The number of nitrogens with one attached hydrogen (secondary N) is 2. The average Bonchev–Trinajstić information content (AvgIpc) is 3.66. The number of carbonyl (C=O) groups is 3. The van der Waals surface area contributed by atoms with Crippen molar-refractivity contribution in [2.24, 2.45) is 5.92 Å². The fourth-order valence-electron chi connectivity index (χ4n) is 9.26. The maximum absolute atomic E-state index is 13.0. The van der Waals surface area contributed by atoms with Crippen molar-refractivity contribution in [3.8, 4) is 11.8 Å². The van der Waals surface area contributed by atoms with Gasteiger partial charge in [0.1, 0.15) is 17.4 Å². The third-order valence-electron chi connectivity index (χ3n) is 12.6. The molecule has 4 saturated heterocycles. The Morgan fingerprint density at radius 1 is 1.02 bits per heavy atom. The molecule has 0 bridgehead atoms. The highest BCUT2D eigenvalue weighted by molar-refractivity contribution is 6.31. The number of fused-ring (bicyclic) bond motifs is 1. The van der Waals surface area contributed by atoms with E-state index in [0.29, 0.717) is 34.5 Å².